The zero-order valence-electron chi connectivity index (χ0n) is 17.6. The number of nitrogens with zero attached hydrogens (tertiary/aromatic N) is 2. The number of aromatic hydroxyl groups is 1. The number of aromatic amines is 1. The summed E-state index contributed by atoms with van der Waals surface area (Å²) in [5, 5.41) is 18.1. The molecule has 158 valence electrons. The van der Waals surface area contributed by atoms with Crippen molar-refractivity contribution in [2.45, 2.75) is 26.2 Å². The van der Waals surface area contributed by atoms with Crippen molar-refractivity contribution in [3.05, 3.63) is 48.2 Å². The number of benzene rings is 2. The second-order valence-electron chi connectivity index (χ2n) is 7.72. The Morgan fingerprint density at radius 1 is 1.03 bits per heavy atom. The van der Waals surface area contributed by atoms with Crippen molar-refractivity contribution in [1.82, 2.24) is 15.1 Å². The molecule has 0 radical (unpaired) electrons. The van der Waals surface area contributed by atoms with E-state index in [4.69, 9.17) is 9.47 Å². The van der Waals surface area contributed by atoms with Crippen LogP contribution in [-0.2, 0) is 0 Å². The van der Waals surface area contributed by atoms with E-state index in [0.717, 1.165) is 53.5 Å². The summed E-state index contributed by atoms with van der Waals surface area (Å²) < 4.78 is 11.2. The number of hydrogen-bond donors (Lipinski definition) is 2. The van der Waals surface area contributed by atoms with Gasteiger partial charge < -0.3 is 14.6 Å². The highest BCUT2D eigenvalue weighted by atomic mass is 16.5. The molecule has 2 N–H and O–H groups in total. The Hall–Kier alpha value is -2.99. The molecule has 1 saturated heterocycles. The first-order chi connectivity index (χ1) is 14.7. The van der Waals surface area contributed by atoms with Crippen LogP contribution >= 0.6 is 0 Å². The van der Waals surface area contributed by atoms with Gasteiger partial charge in [0.25, 0.3) is 0 Å². The molecule has 1 aromatic heterocycles. The summed E-state index contributed by atoms with van der Waals surface area (Å²) in [6, 6.07) is 11.6. The van der Waals surface area contributed by atoms with E-state index < -0.39 is 0 Å². The van der Waals surface area contributed by atoms with Gasteiger partial charge in [-0.1, -0.05) is 18.6 Å². The lowest BCUT2D eigenvalue weighted by molar-refractivity contribution is 0.182. The zero-order valence-corrected chi connectivity index (χ0v) is 17.6. The summed E-state index contributed by atoms with van der Waals surface area (Å²) in [6.07, 6.45) is 5.65. The fourth-order valence-corrected chi connectivity index (χ4v) is 3.99. The van der Waals surface area contributed by atoms with Crippen LogP contribution in [-0.4, -0.2) is 53.6 Å². The third-order valence-electron chi connectivity index (χ3n) is 5.80. The van der Waals surface area contributed by atoms with Gasteiger partial charge in [-0.15, -0.1) is 0 Å². The number of likely N-dealkylation sites (tertiary alicyclic amines) is 1. The highest BCUT2D eigenvalue weighted by Gasteiger charge is 2.17. The lowest BCUT2D eigenvalue weighted by Crippen LogP contribution is -2.33. The quantitative estimate of drug-likeness (QED) is 0.597. The Kier molecular flexibility index (Phi) is 6.23. The predicted molar refractivity (Wildman–Crippen MR) is 118 cm³/mol. The first kappa shape index (κ1) is 20.3. The molecule has 3 aromatic rings. The number of H-pyrrole nitrogens is 1. The van der Waals surface area contributed by atoms with Gasteiger partial charge in [-0.2, -0.15) is 5.10 Å². The van der Waals surface area contributed by atoms with Crippen LogP contribution in [0.25, 0.3) is 22.4 Å². The molecule has 0 saturated carbocycles. The maximum atomic E-state index is 10.9. The van der Waals surface area contributed by atoms with E-state index in [0.29, 0.717) is 12.2 Å². The van der Waals surface area contributed by atoms with E-state index in [1.165, 1.54) is 19.3 Å². The lowest BCUT2D eigenvalue weighted by Gasteiger charge is -2.26. The SMILES string of the molecule is COc1ccc(-c2cn[nH]c2-c2ccc(OCCN3CCCCC3)c(C)c2O)cc1. The van der Waals surface area contributed by atoms with Gasteiger partial charge in [-0.25, -0.2) is 0 Å². The number of phenolic OH excluding ortho intramolecular Hbond substituents is 1. The minimum atomic E-state index is 0.212. The third kappa shape index (κ3) is 4.28. The standard InChI is InChI=1S/C24H29N3O3/c1-17-22(30-15-14-27-12-4-3-5-13-27)11-10-20(24(17)28)23-21(16-25-26-23)18-6-8-19(29-2)9-7-18/h6-11,16,28H,3-5,12-15H2,1-2H3,(H,25,26). The van der Waals surface area contributed by atoms with Crippen LogP contribution in [0.1, 0.15) is 24.8 Å². The molecule has 6 nitrogen and oxygen atoms in total. The van der Waals surface area contributed by atoms with Gasteiger partial charge in [0.1, 0.15) is 23.9 Å². The maximum absolute atomic E-state index is 10.9. The molecule has 2 aromatic carbocycles. The molecule has 1 fully saturated rings. The van der Waals surface area contributed by atoms with E-state index in [-0.39, 0.29) is 5.75 Å². The van der Waals surface area contributed by atoms with Crippen LogP contribution in [0.3, 0.4) is 0 Å². The topological polar surface area (TPSA) is 70.6 Å². The van der Waals surface area contributed by atoms with Crippen LogP contribution < -0.4 is 9.47 Å². The summed E-state index contributed by atoms with van der Waals surface area (Å²) >= 11 is 0. The maximum Gasteiger partial charge on any atom is 0.131 e. The lowest BCUT2D eigenvalue weighted by atomic mass is 9.99. The van der Waals surface area contributed by atoms with E-state index in [1.807, 2.05) is 43.3 Å². The molecule has 1 aliphatic heterocycles. The largest absolute Gasteiger partial charge is 0.507 e. The van der Waals surface area contributed by atoms with Gasteiger partial charge in [0.2, 0.25) is 0 Å². The first-order valence-corrected chi connectivity index (χ1v) is 10.5. The fourth-order valence-electron chi connectivity index (χ4n) is 3.99. The molecule has 0 unspecified atom stereocenters. The second kappa shape index (κ2) is 9.22. The highest BCUT2D eigenvalue weighted by molar-refractivity contribution is 5.84. The summed E-state index contributed by atoms with van der Waals surface area (Å²) in [6.45, 7) is 5.74. The molecule has 0 amide bonds. The Bertz CT molecular complexity index is 976. The Morgan fingerprint density at radius 2 is 1.80 bits per heavy atom. The minimum Gasteiger partial charge on any atom is -0.507 e. The Balaban J connectivity index is 1.51. The van der Waals surface area contributed by atoms with Crippen molar-refractivity contribution < 1.29 is 14.6 Å². The Morgan fingerprint density at radius 3 is 2.53 bits per heavy atom. The summed E-state index contributed by atoms with van der Waals surface area (Å²) in [5.41, 5.74) is 4.14. The Labute approximate surface area is 177 Å². The first-order valence-electron chi connectivity index (χ1n) is 10.5. The number of hydrogen-bond acceptors (Lipinski definition) is 5. The second-order valence-corrected chi connectivity index (χ2v) is 7.72. The highest BCUT2D eigenvalue weighted by Crippen LogP contribution is 2.40. The minimum absolute atomic E-state index is 0.212. The van der Waals surface area contributed by atoms with Crippen molar-refractivity contribution in [2.75, 3.05) is 33.4 Å². The molecule has 0 atom stereocenters. The number of piperidine rings is 1. The van der Waals surface area contributed by atoms with Crippen molar-refractivity contribution in [1.29, 1.82) is 0 Å². The molecule has 6 heteroatoms. The van der Waals surface area contributed by atoms with Crippen molar-refractivity contribution in [2.24, 2.45) is 0 Å². The molecule has 30 heavy (non-hydrogen) atoms. The predicted octanol–water partition coefficient (Wildman–Crippen LogP) is 4.63. The van der Waals surface area contributed by atoms with E-state index in [1.54, 1.807) is 13.3 Å². The van der Waals surface area contributed by atoms with Gasteiger partial charge >= 0.3 is 0 Å². The average molecular weight is 408 g/mol. The number of nitrogens with one attached hydrogen (secondary N) is 1. The molecular weight excluding hydrogens is 378 g/mol. The fraction of sp³-hybridized carbons (Fsp3) is 0.375. The summed E-state index contributed by atoms with van der Waals surface area (Å²) in [4.78, 5) is 2.44. The van der Waals surface area contributed by atoms with Gasteiger partial charge in [-0.3, -0.25) is 10.00 Å². The van der Waals surface area contributed by atoms with Crippen molar-refractivity contribution in [3.8, 4) is 39.6 Å². The van der Waals surface area contributed by atoms with Gasteiger partial charge in [0.15, 0.2) is 0 Å². The van der Waals surface area contributed by atoms with Crippen molar-refractivity contribution >= 4 is 0 Å². The average Bonchev–Trinajstić information content (AvgIpc) is 3.27. The van der Waals surface area contributed by atoms with Crippen molar-refractivity contribution in [3.63, 3.8) is 0 Å². The number of rotatable bonds is 7. The van der Waals surface area contributed by atoms with E-state index in [2.05, 4.69) is 15.1 Å². The van der Waals surface area contributed by atoms with Crippen LogP contribution in [0.2, 0.25) is 0 Å². The van der Waals surface area contributed by atoms with Crippen LogP contribution in [0.5, 0.6) is 17.2 Å². The van der Waals surface area contributed by atoms with Gasteiger partial charge in [0, 0.05) is 23.2 Å². The number of phenols is 1. The summed E-state index contributed by atoms with van der Waals surface area (Å²) in [7, 11) is 1.65. The van der Waals surface area contributed by atoms with Crippen LogP contribution in [0.4, 0.5) is 0 Å². The number of methoxy groups -OCH3 is 1. The third-order valence-corrected chi connectivity index (χ3v) is 5.80. The van der Waals surface area contributed by atoms with Crippen LogP contribution in [0, 0.1) is 6.92 Å². The van der Waals surface area contributed by atoms with Gasteiger partial charge in [0.05, 0.1) is 19.0 Å². The monoisotopic (exact) mass is 407 g/mol. The number of aromatic nitrogens is 2. The van der Waals surface area contributed by atoms with Crippen LogP contribution in [0.15, 0.2) is 42.6 Å². The number of ether oxygens (including phenoxy) is 2. The smallest absolute Gasteiger partial charge is 0.131 e. The molecular formula is C24H29N3O3. The summed E-state index contributed by atoms with van der Waals surface area (Å²) in [5.74, 6) is 1.73. The van der Waals surface area contributed by atoms with E-state index >= 15 is 0 Å². The molecule has 4 rings (SSSR count). The zero-order chi connectivity index (χ0) is 20.9. The molecule has 1 aliphatic rings. The normalized spacial score (nSPS) is 14.6. The molecule has 2 heterocycles. The van der Waals surface area contributed by atoms with Gasteiger partial charge in [-0.05, 0) is 62.7 Å². The molecule has 0 spiro atoms. The van der Waals surface area contributed by atoms with E-state index in [9.17, 15) is 5.11 Å². The molecule has 0 aliphatic carbocycles. The molecule has 0 bridgehead atoms.